The van der Waals surface area contributed by atoms with Crippen molar-refractivity contribution in [3.63, 3.8) is 0 Å². The van der Waals surface area contributed by atoms with Gasteiger partial charge in [0.15, 0.2) is 0 Å². The molecule has 4 aromatic heterocycles. The van der Waals surface area contributed by atoms with Crippen LogP contribution in [0.2, 0.25) is 0 Å². The summed E-state index contributed by atoms with van der Waals surface area (Å²) >= 11 is 7.68. The summed E-state index contributed by atoms with van der Waals surface area (Å²) < 4.78 is 10.6. The van der Waals surface area contributed by atoms with Crippen molar-refractivity contribution < 1.29 is 0 Å². The monoisotopic (exact) mass is 1180 g/mol. The topological polar surface area (TPSA) is 0 Å². The van der Waals surface area contributed by atoms with E-state index in [1.54, 1.807) is 0 Å². The van der Waals surface area contributed by atoms with E-state index in [0.717, 1.165) is 0 Å². The maximum atomic E-state index is 2.48. The van der Waals surface area contributed by atoms with E-state index < -0.39 is 0 Å². The molecule has 0 radical (unpaired) electrons. The first kappa shape index (κ1) is 49.1. The Morgan fingerprint density at radius 1 is 0.170 bits per heavy atom. The van der Waals surface area contributed by atoms with Gasteiger partial charge in [-0.15, -0.1) is 45.3 Å². The van der Waals surface area contributed by atoms with Crippen LogP contribution in [0.4, 0.5) is 0 Å². The third-order valence-corrected chi connectivity index (χ3v) is 23.6. The minimum Gasteiger partial charge on any atom is -0.135 e. The molecule has 0 nitrogen and oxygen atoms in total. The Hall–Kier alpha value is -10.0. The summed E-state index contributed by atoms with van der Waals surface area (Å²) in [6.07, 6.45) is 0. The van der Waals surface area contributed by atoms with Gasteiger partial charge < -0.3 is 0 Å². The molecule has 0 unspecified atom stereocenters. The minimum absolute atomic E-state index is 1.21. The highest BCUT2D eigenvalue weighted by Crippen LogP contribution is 2.53. The van der Waals surface area contributed by atoms with Crippen molar-refractivity contribution in [2.75, 3.05) is 0 Å². The molecule has 16 aromatic carbocycles. The maximum Gasteiger partial charge on any atom is 0.0440 e. The van der Waals surface area contributed by atoms with E-state index in [1.807, 2.05) is 45.3 Å². The van der Waals surface area contributed by atoms with E-state index >= 15 is 0 Å². The summed E-state index contributed by atoms with van der Waals surface area (Å²) in [4.78, 5) is 0. The summed E-state index contributed by atoms with van der Waals surface area (Å²) in [7, 11) is 0. The fourth-order valence-electron chi connectivity index (χ4n) is 15.3. The lowest BCUT2D eigenvalue weighted by Gasteiger charge is -2.18. The Balaban J connectivity index is 0.739. The summed E-state index contributed by atoms with van der Waals surface area (Å²) in [6.45, 7) is 0. The average molecular weight is 1180 g/mol. The molecule has 0 aliphatic heterocycles. The number of hydrogen-bond donors (Lipinski definition) is 0. The second kappa shape index (κ2) is 18.7. The Labute approximate surface area is 521 Å². The van der Waals surface area contributed by atoms with E-state index in [0.29, 0.717) is 0 Å². The van der Waals surface area contributed by atoms with E-state index in [-0.39, 0.29) is 0 Å². The zero-order valence-electron chi connectivity index (χ0n) is 47.2. The minimum atomic E-state index is 1.21. The van der Waals surface area contributed by atoms with Crippen molar-refractivity contribution in [2.45, 2.75) is 0 Å². The largest absolute Gasteiger partial charge is 0.135 e. The molecule has 20 aromatic rings. The predicted octanol–water partition coefficient (Wildman–Crippen LogP) is 26.4. The molecule has 4 heteroatoms. The Morgan fingerprint density at radius 2 is 0.534 bits per heavy atom. The second-order valence-electron chi connectivity index (χ2n) is 23.6. The Morgan fingerprint density at radius 3 is 1.09 bits per heavy atom. The van der Waals surface area contributed by atoms with Gasteiger partial charge in [0.05, 0.1) is 0 Å². The molecule has 0 amide bonds. The van der Waals surface area contributed by atoms with E-state index in [9.17, 15) is 0 Å². The average Bonchev–Trinajstić information content (AvgIpc) is 1.54. The molecular formula is C84H46S4. The van der Waals surface area contributed by atoms with E-state index in [1.165, 1.54) is 201 Å². The van der Waals surface area contributed by atoms with Crippen LogP contribution in [0.3, 0.4) is 0 Å². The Kier molecular flexibility index (Phi) is 10.5. The number of rotatable bonds is 5. The molecule has 0 aliphatic carbocycles. The number of fused-ring (bicyclic) bond motifs is 22. The highest BCUT2D eigenvalue weighted by atomic mass is 32.1. The zero-order chi connectivity index (χ0) is 57.3. The van der Waals surface area contributed by atoms with Gasteiger partial charge in [-0.3, -0.25) is 0 Å². The molecule has 0 atom stereocenters. The third-order valence-electron chi connectivity index (χ3n) is 19.0. The number of thiophene rings is 4. The van der Waals surface area contributed by atoms with Crippen LogP contribution < -0.4 is 0 Å². The van der Waals surface area contributed by atoms with Crippen molar-refractivity contribution in [2.24, 2.45) is 0 Å². The molecule has 406 valence electrons. The number of benzene rings is 16. The summed E-state index contributed by atoms with van der Waals surface area (Å²) in [5.41, 5.74) is 12.6. The van der Waals surface area contributed by atoms with Gasteiger partial charge in [0, 0.05) is 91.5 Å². The molecule has 0 saturated carbocycles. The first-order chi connectivity index (χ1) is 43.6. The summed E-state index contributed by atoms with van der Waals surface area (Å²) in [5, 5.41) is 26.2. The fourth-order valence-corrected chi connectivity index (χ4v) is 20.0. The van der Waals surface area contributed by atoms with E-state index in [2.05, 4.69) is 279 Å². The van der Waals surface area contributed by atoms with Crippen LogP contribution in [0.1, 0.15) is 0 Å². The molecular weight excluding hydrogens is 1140 g/mol. The smallest absolute Gasteiger partial charge is 0.0440 e. The molecule has 0 aliphatic rings. The van der Waals surface area contributed by atoms with E-state index in [4.69, 9.17) is 0 Å². The molecule has 0 saturated heterocycles. The first-order valence-electron chi connectivity index (χ1n) is 30.1. The fraction of sp³-hybridized carbons (Fsp3) is 0. The Bertz CT molecular complexity index is 6290. The van der Waals surface area contributed by atoms with Crippen LogP contribution >= 0.6 is 45.3 Å². The van der Waals surface area contributed by atoms with Gasteiger partial charge in [-0.1, -0.05) is 237 Å². The molecule has 0 N–H and O–H groups in total. The van der Waals surface area contributed by atoms with Crippen LogP contribution in [0.5, 0.6) is 0 Å². The number of hydrogen-bond acceptors (Lipinski definition) is 4. The molecule has 0 spiro atoms. The first-order valence-corrected chi connectivity index (χ1v) is 33.4. The predicted molar refractivity (Wildman–Crippen MR) is 390 cm³/mol. The van der Waals surface area contributed by atoms with Gasteiger partial charge in [-0.25, -0.2) is 0 Å². The zero-order valence-corrected chi connectivity index (χ0v) is 50.5. The van der Waals surface area contributed by atoms with Crippen LogP contribution in [-0.4, -0.2) is 0 Å². The van der Waals surface area contributed by atoms with Crippen LogP contribution in [0.15, 0.2) is 279 Å². The highest BCUT2D eigenvalue weighted by Gasteiger charge is 2.24. The lowest BCUT2D eigenvalue weighted by Crippen LogP contribution is -1.91. The van der Waals surface area contributed by atoms with Crippen molar-refractivity contribution >= 4 is 191 Å². The van der Waals surface area contributed by atoms with Gasteiger partial charge in [0.1, 0.15) is 0 Å². The quantitative estimate of drug-likeness (QED) is 0.151. The highest BCUT2D eigenvalue weighted by molar-refractivity contribution is 7.28. The van der Waals surface area contributed by atoms with Crippen molar-refractivity contribution in [1.29, 1.82) is 0 Å². The van der Waals surface area contributed by atoms with Crippen molar-refractivity contribution in [3.8, 4) is 55.6 Å². The van der Waals surface area contributed by atoms with Gasteiger partial charge in [-0.2, -0.15) is 0 Å². The maximum absolute atomic E-state index is 2.48. The molecule has 0 fully saturated rings. The normalized spacial score (nSPS) is 12.3. The van der Waals surface area contributed by atoms with Crippen LogP contribution in [-0.2, 0) is 0 Å². The van der Waals surface area contributed by atoms with Crippen LogP contribution in [0.25, 0.3) is 201 Å². The SMILES string of the molecule is c1ccc(-c2c3ccccc3c(-c3ccc4c(c3)sc3ccc5c(-c6ccc(-c7c8ccccc8c(-c8ccc9c(c8)sc8ccc%10ccc%11c%12ccccc%12sc%11c%10c89)c8ccccc78)cc6)cc6sc7ccccc7c6c5c34)c3ccccc23)cc1. The lowest BCUT2D eigenvalue weighted by atomic mass is 9.85. The molecule has 4 heterocycles. The summed E-state index contributed by atoms with van der Waals surface area (Å²) in [5.74, 6) is 0. The molecule has 88 heavy (non-hydrogen) atoms. The van der Waals surface area contributed by atoms with Crippen molar-refractivity contribution in [3.05, 3.63) is 279 Å². The third kappa shape index (κ3) is 7.00. The second-order valence-corrected chi connectivity index (χ2v) is 27.9. The molecule has 20 rings (SSSR count). The van der Waals surface area contributed by atoms with Crippen molar-refractivity contribution in [1.82, 2.24) is 0 Å². The molecule has 0 bridgehead atoms. The van der Waals surface area contributed by atoms with Crippen LogP contribution in [0, 0.1) is 0 Å². The van der Waals surface area contributed by atoms with Gasteiger partial charge >= 0.3 is 0 Å². The van der Waals surface area contributed by atoms with Gasteiger partial charge in [0.25, 0.3) is 0 Å². The van der Waals surface area contributed by atoms with Gasteiger partial charge in [-0.05, 0) is 152 Å². The standard InChI is InChI=1S/C84H46S4/c1-2-16-48(17-3-1)75-54-19-4-8-23-58(54)77(59-24-9-5-20-55(59)75)52-36-40-66-73(45-52)87-71-43-41-62-67(46-74-82(83(62)81(66)71)64-27-13-15-29-69(64)85-74)47-30-32-49(33-31-47)76-56-21-6-10-25-60(56)78(61-26-11-7-22-57(61)76)51-35-39-65-72(44-51)86-70-42-37-50-34-38-63-53-18-12-14-28-68(53)88-84(63)79(50)80(65)70/h1-46H. The van der Waals surface area contributed by atoms with Gasteiger partial charge in [0.2, 0.25) is 0 Å². The lowest BCUT2D eigenvalue weighted by molar-refractivity contribution is 1.65. The summed E-state index contributed by atoms with van der Waals surface area (Å²) in [6, 6.07) is 106.